The van der Waals surface area contributed by atoms with Gasteiger partial charge in [-0.05, 0) is 43.2 Å². The summed E-state index contributed by atoms with van der Waals surface area (Å²) < 4.78 is 1.86. The molecule has 0 amide bonds. The van der Waals surface area contributed by atoms with E-state index in [1.165, 1.54) is 0 Å². The number of rotatable bonds is 6. The van der Waals surface area contributed by atoms with Crippen LogP contribution in [0.1, 0.15) is 25.5 Å². The van der Waals surface area contributed by atoms with E-state index < -0.39 is 0 Å². The number of nitrogens with zero attached hydrogens (tertiary/aromatic N) is 3. The minimum Gasteiger partial charge on any atom is -0.493 e. The minimum atomic E-state index is 0.131. The van der Waals surface area contributed by atoms with Crippen LogP contribution in [0.3, 0.4) is 0 Å². The number of aryl methyl sites for hydroxylation is 1. The molecule has 1 N–H and O–H groups in total. The van der Waals surface area contributed by atoms with Crippen LogP contribution >= 0.6 is 0 Å². The maximum absolute atomic E-state index is 10.6. The fourth-order valence-electron chi connectivity index (χ4n) is 2.62. The quantitative estimate of drug-likeness (QED) is 0.561. The van der Waals surface area contributed by atoms with Gasteiger partial charge in [-0.25, -0.2) is 0 Å². The number of benzene rings is 2. The maximum atomic E-state index is 10.6. The monoisotopic (exact) mass is 319 g/mol. The molecule has 0 radical (unpaired) electrons. The molecule has 0 fully saturated rings. The third-order valence-corrected chi connectivity index (χ3v) is 3.86. The highest BCUT2D eigenvalue weighted by Crippen LogP contribution is 2.35. The summed E-state index contributed by atoms with van der Waals surface area (Å²) in [6.45, 7) is 2.16. The first kappa shape index (κ1) is 16.0. The summed E-state index contributed by atoms with van der Waals surface area (Å²) in [4.78, 5) is 0. The molecule has 0 saturated carbocycles. The Morgan fingerprint density at radius 3 is 2.25 bits per heavy atom. The van der Waals surface area contributed by atoms with Crippen LogP contribution in [-0.4, -0.2) is 9.67 Å². The van der Waals surface area contributed by atoms with Gasteiger partial charge in [0.05, 0.1) is 5.69 Å². The average Bonchev–Trinajstić information content (AvgIpc) is 2.95. The molecular formula is C20H21N3O. The molecule has 3 aromatic rings. The van der Waals surface area contributed by atoms with Gasteiger partial charge in [-0.1, -0.05) is 49.7 Å². The Morgan fingerprint density at radius 1 is 0.917 bits per heavy atom. The van der Waals surface area contributed by atoms with Crippen molar-refractivity contribution in [2.24, 2.45) is 10.2 Å². The molecule has 0 aliphatic rings. The predicted molar refractivity (Wildman–Crippen MR) is 96.7 cm³/mol. The minimum absolute atomic E-state index is 0.131. The van der Waals surface area contributed by atoms with E-state index in [1.54, 1.807) is 0 Å². The molecule has 2 aromatic carbocycles. The zero-order valence-corrected chi connectivity index (χ0v) is 13.8. The summed E-state index contributed by atoms with van der Waals surface area (Å²) in [6.07, 6.45) is 3.05. The molecule has 0 spiro atoms. The molecule has 0 aliphatic carbocycles. The zero-order valence-electron chi connectivity index (χ0n) is 13.8. The van der Waals surface area contributed by atoms with Crippen molar-refractivity contribution in [3.63, 3.8) is 0 Å². The number of aromatic hydroxyl groups is 1. The Morgan fingerprint density at radius 2 is 1.58 bits per heavy atom. The van der Waals surface area contributed by atoms with Crippen LogP contribution in [-0.2, 0) is 6.42 Å². The van der Waals surface area contributed by atoms with Gasteiger partial charge in [0.2, 0.25) is 5.88 Å². The number of aromatic nitrogens is 1. The molecular weight excluding hydrogens is 298 g/mol. The summed E-state index contributed by atoms with van der Waals surface area (Å²) in [5.74, 6) is 0.131. The van der Waals surface area contributed by atoms with Gasteiger partial charge in [-0.2, -0.15) is 5.11 Å². The van der Waals surface area contributed by atoms with E-state index in [4.69, 9.17) is 0 Å². The second-order valence-electron chi connectivity index (χ2n) is 5.65. The Balaban J connectivity index is 1.99. The average molecular weight is 319 g/mol. The molecule has 0 unspecified atom stereocenters. The third kappa shape index (κ3) is 3.54. The third-order valence-electron chi connectivity index (χ3n) is 3.86. The van der Waals surface area contributed by atoms with Crippen molar-refractivity contribution in [1.82, 2.24) is 4.57 Å². The summed E-state index contributed by atoms with van der Waals surface area (Å²) in [5.41, 5.74) is 3.23. The standard InChI is InChI=1S/C20H21N3O/c1-2-3-12-18-15-19(22-21-16-10-6-4-7-11-16)20(24)23(18)17-13-8-5-9-14-17/h4-11,13-15,24H,2-3,12H2,1H3. The van der Waals surface area contributed by atoms with E-state index in [1.807, 2.05) is 71.3 Å². The van der Waals surface area contributed by atoms with E-state index in [-0.39, 0.29) is 5.88 Å². The van der Waals surface area contributed by atoms with Crippen LogP contribution in [0, 0.1) is 0 Å². The molecule has 1 aromatic heterocycles. The number of hydrogen-bond acceptors (Lipinski definition) is 3. The maximum Gasteiger partial charge on any atom is 0.224 e. The molecule has 4 nitrogen and oxygen atoms in total. The smallest absolute Gasteiger partial charge is 0.224 e. The molecule has 3 rings (SSSR count). The van der Waals surface area contributed by atoms with Crippen LogP contribution < -0.4 is 0 Å². The van der Waals surface area contributed by atoms with Crippen molar-refractivity contribution in [1.29, 1.82) is 0 Å². The second-order valence-corrected chi connectivity index (χ2v) is 5.65. The van der Waals surface area contributed by atoms with Gasteiger partial charge < -0.3 is 5.11 Å². The molecule has 0 saturated heterocycles. The first-order chi connectivity index (χ1) is 11.8. The van der Waals surface area contributed by atoms with Crippen LogP contribution in [0.15, 0.2) is 77.0 Å². The van der Waals surface area contributed by atoms with E-state index in [2.05, 4.69) is 17.2 Å². The Labute approximate surface area is 142 Å². The largest absolute Gasteiger partial charge is 0.493 e. The first-order valence-corrected chi connectivity index (χ1v) is 8.25. The van der Waals surface area contributed by atoms with E-state index in [9.17, 15) is 5.11 Å². The molecule has 0 bridgehead atoms. The van der Waals surface area contributed by atoms with E-state index in [0.717, 1.165) is 36.3 Å². The zero-order chi connectivity index (χ0) is 16.8. The fourth-order valence-corrected chi connectivity index (χ4v) is 2.62. The Kier molecular flexibility index (Phi) is 5.06. The molecule has 24 heavy (non-hydrogen) atoms. The highest BCUT2D eigenvalue weighted by molar-refractivity contribution is 5.56. The molecule has 122 valence electrons. The summed E-state index contributed by atoms with van der Waals surface area (Å²) in [5, 5.41) is 19.1. The van der Waals surface area contributed by atoms with Gasteiger partial charge in [0.25, 0.3) is 0 Å². The van der Waals surface area contributed by atoms with Gasteiger partial charge in [0, 0.05) is 11.4 Å². The van der Waals surface area contributed by atoms with Crippen molar-refractivity contribution in [3.05, 3.63) is 72.4 Å². The molecule has 1 heterocycles. The van der Waals surface area contributed by atoms with Crippen molar-refractivity contribution in [2.75, 3.05) is 0 Å². The summed E-state index contributed by atoms with van der Waals surface area (Å²) in [7, 11) is 0. The molecule has 4 heteroatoms. The van der Waals surface area contributed by atoms with Gasteiger partial charge in [-0.15, -0.1) is 5.11 Å². The van der Waals surface area contributed by atoms with Crippen molar-refractivity contribution in [2.45, 2.75) is 26.2 Å². The van der Waals surface area contributed by atoms with Gasteiger partial charge in [0.1, 0.15) is 5.69 Å². The highest BCUT2D eigenvalue weighted by atomic mass is 16.3. The molecule has 0 atom stereocenters. The van der Waals surface area contributed by atoms with Gasteiger partial charge in [-0.3, -0.25) is 4.57 Å². The Hall–Kier alpha value is -2.88. The number of azo groups is 1. The summed E-state index contributed by atoms with van der Waals surface area (Å²) >= 11 is 0. The summed E-state index contributed by atoms with van der Waals surface area (Å²) in [6, 6.07) is 21.3. The lowest BCUT2D eigenvalue weighted by atomic mass is 10.2. The highest BCUT2D eigenvalue weighted by Gasteiger charge is 2.15. The number of unbranched alkanes of at least 4 members (excludes halogenated alkanes) is 1. The topological polar surface area (TPSA) is 49.9 Å². The number of para-hydroxylation sites is 1. The lowest BCUT2D eigenvalue weighted by molar-refractivity contribution is 0.441. The lowest BCUT2D eigenvalue weighted by Gasteiger charge is -2.09. The normalized spacial score (nSPS) is 11.2. The van der Waals surface area contributed by atoms with Crippen LogP contribution in [0.2, 0.25) is 0 Å². The van der Waals surface area contributed by atoms with Crippen LogP contribution in [0.4, 0.5) is 11.4 Å². The van der Waals surface area contributed by atoms with E-state index >= 15 is 0 Å². The fraction of sp³-hybridized carbons (Fsp3) is 0.200. The van der Waals surface area contributed by atoms with E-state index in [0.29, 0.717) is 5.69 Å². The van der Waals surface area contributed by atoms with Crippen molar-refractivity contribution < 1.29 is 5.11 Å². The predicted octanol–water partition coefficient (Wildman–Crippen LogP) is 5.94. The van der Waals surface area contributed by atoms with Gasteiger partial charge >= 0.3 is 0 Å². The molecule has 0 aliphatic heterocycles. The van der Waals surface area contributed by atoms with Crippen LogP contribution in [0.25, 0.3) is 5.69 Å². The van der Waals surface area contributed by atoms with Crippen molar-refractivity contribution >= 4 is 11.4 Å². The second kappa shape index (κ2) is 7.59. The van der Waals surface area contributed by atoms with Gasteiger partial charge in [0.15, 0.2) is 0 Å². The number of hydrogen-bond donors (Lipinski definition) is 1. The SMILES string of the molecule is CCCCc1cc(N=Nc2ccccc2)c(O)n1-c1ccccc1. The van der Waals surface area contributed by atoms with Crippen molar-refractivity contribution in [3.8, 4) is 11.6 Å². The van der Waals surface area contributed by atoms with Crippen LogP contribution in [0.5, 0.6) is 5.88 Å². The Bertz CT molecular complexity index is 808. The first-order valence-electron chi connectivity index (χ1n) is 8.25. The lowest BCUT2D eigenvalue weighted by Crippen LogP contribution is -1.99.